The Balaban J connectivity index is 0.000000177. The number of fused-ring (bicyclic) bond motifs is 2. The molecule has 6 aromatic carbocycles. The molecule has 0 N–H and O–H groups in total. The van der Waals surface area contributed by atoms with Gasteiger partial charge in [0.15, 0.2) is 0 Å². The van der Waals surface area contributed by atoms with E-state index in [0.717, 1.165) is 9.52 Å². The van der Waals surface area contributed by atoms with E-state index in [-0.39, 0.29) is 26.2 Å². The van der Waals surface area contributed by atoms with Crippen LogP contribution >= 0.6 is 0 Å². The quantitative estimate of drug-likeness (QED) is 0.146. The monoisotopic (exact) mass is 558 g/mol. The first-order chi connectivity index (χ1) is 17.1. The molecule has 2 heteroatoms. The van der Waals surface area contributed by atoms with Crippen LogP contribution in [-0.2, 0) is 26.2 Å². The van der Waals surface area contributed by atoms with Crippen LogP contribution in [0.2, 0.25) is 13.1 Å². The van der Waals surface area contributed by atoms with Crippen molar-refractivity contribution in [1.29, 1.82) is 0 Å². The van der Waals surface area contributed by atoms with E-state index < -0.39 is 0 Å². The summed E-state index contributed by atoms with van der Waals surface area (Å²) in [4.78, 5) is 0. The summed E-state index contributed by atoms with van der Waals surface area (Å²) in [6, 6.07) is 43.1. The van der Waals surface area contributed by atoms with Gasteiger partial charge >= 0.3 is 0 Å². The van der Waals surface area contributed by atoms with Gasteiger partial charge < -0.3 is 0 Å². The molecule has 0 aliphatic rings. The molecule has 0 aliphatic heterocycles. The second kappa shape index (κ2) is 13.5. The van der Waals surface area contributed by atoms with Crippen LogP contribution in [0, 0.1) is 13.8 Å². The Morgan fingerprint density at radius 2 is 0.861 bits per heavy atom. The molecule has 36 heavy (non-hydrogen) atoms. The molecule has 6 aromatic rings. The Morgan fingerprint density at radius 3 is 1.22 bits per heavy atom. The normalized spacial score (nSPS) is 10.1. The number of benzene rings is 4. The van der Waals surface area contributed by atoms with Gasteiger partial charge in [-0.1, -0.05) is 111 Å². The van der Waals surface area contributed by atoms with Crippen LogP contribution in [0.15, 0.2) is 121 Å². The molecule has 0 heterocycles. The topological polar surface area (TPSA) is 0 Å². The summed E-state index contributed by atoms with van der Waals surface area (Å²) in [5.41, 5.74) is 7.89. The van der Waals surface area contributed by atoms with E-state index in [9.17, 15) is 0 Å². The molecule has 0 unspecified atom stereocenters. The standard InChI is InChI=1S/2C16H13.C2H6Si.Zr/c2*1-12-10-14-8-5-9-15(16(14)11-12)13-6-3-2-4-7-13;1-3-2;/h2*2-11H,1H3;1-2H3;/q2*-1;;. The summed E-state index contributed by atoms with van der Waals surface area (Å²) >= 11 is 0. The van der Waals surface area contributed by atoms with Crippen LogP contribution in [0.25, 0.3) is 43.8 Å². The van der Waals surface area contributed by atoms with Gasteiger partial charge in [0.05, 0.1) is 0 Å². The molecular weight excluding hydrogens is 528 g/mol. The fourth-order valence-electron chi connectivity index (χ4n) is 4.51. The largest absolute Gasteiger partial charge is 0.165 e. The summed E-state index contributed by atoms with van der Waals surface area (Å²) in [7, 11) is 1.08. The Morgan fingerprint density at radius 1 is 0.500 bits per heavy atom. The number of rotatable bonds is 2. The van der Waals surface area contributed by atoms with E-state index in [1.54, 1.807) is 0 Å². The van der Waals surface area contributed by atoms with E-state index in [0.29, 0.717) is 0 Å². The van der Waals surface area contributed by atoms with E-state index >= 15 is 0 Å². The van der Waals surface area contributed by atoms with Gasteiger partial charge in [0.1, 0.15) is 0 Å². The fraction of sp³-hybridized carbons (Fsp3) is 0.118. The summed E-state index contributed by atoms with van der Waals surface area (Å²) in [5.74, 6) is 0. The molecule has 0 saturated heterocycles. The predicted octanol–water partition coefficient (Wildman–Crippen LogP) is 9.85. The Labute approximate surface area is 237 Å². The summed E-state index contributed by atoms with van der Waals surface area (Å²) in [5, 5.41) is 5.37. The SMILES string of the molecule is C[Si]C.Cc1cc2c(-c3ccccc3)cccc2[cH-]1.Cc1cc2c(-c3ccccc3)cccc2[cH-]1.[Zr]. The molecule has 0 nitrogen and oxygen atoms in total. The average molecular weight is 560 g/mol. The third-order valence-electron chi connectivity index (χ3n) is 5.96. The van der Waals surface area contributed by atoms with Gasteiger partial charge in [-0.05, 0) is 11.1 Å². The van der Waals surface area contributed by atoms with Crippen LogP contribution in [0.1, 0.15) is 11.1 Å². The molecule has 2 radical (unpaired) electrons. The summed E-state index contributed by atoms with van der Waals surface area (Å²) in [6.45, 7) is 8.60. The van der Waals surface area contributed by atoms with Gasteiger partial charge in [-0.25, -0.2) is 0 Å². The third kappa shape index (κ3) is 6.69. The fourth-order valence-corrected chi connectivity index (χ4v) is 4.51. The van der Waals surface area contributed by atoms with E-state index in [2.05, 4.69) is 148 Å². The zero-order chi connectivity index (χ0) is 24.6. The van der Waals surface area contributed by atoms with Gasteiger partial charge in [-0.15, -0.1) is 69.1 Å². The third-order valence-corrected chi connectivity index (χ3v) is 5.96. The number of aryl methyl sites for hydroxylation is 2. The van der Waals surface area contributed by atoms with Crippen LogP contribution < -0.4 is 0 Å². The van der Waals surface area contributed by atoms with E-state index in [1.165, 1.54) is 54.9 Å². The summed E-state index contributed by atoms with van der Waals surface area (Å²) < 4.78 is 0. The molecule has 0 spiro atoms. The minimum absolute atomic E-state index is 0. The molecule has 0 aromatic heterocycles. The summed E-state index contributed by atoms with van der Waals surface area (Å²) in [6.07, 6.45) is 0. The Bertz CT molecular complexity index is 1370. The van der Waals surface area contributed by atoms with Gasteiger partial charge in [0.25, 0.3) is 0 Å². The van der Waals surface area contributed by atoms with Crippen molar-refractivity contribution in [3.8, 4) is 22.3 Å². The minimum Gasteiger partial charge on any atom is -0.165 e. The van der Waals surface area contributed by atoms with Crippen molar-refractivity contribution in [2.24, 2.45) is 0 Å². The van der Waals surface area contributed by atoms with Gasteiger partial charge in [-0.2, -0.15) is 12.1 Å². The first-order valence-corrected chi connectivity index (χ1v) is 14.1. The minimum atomic E-state index is 0. The van der Waals surface area contributed by atoms with Gasteiger partial charge in [0.2, 0.25) is 0 Å². The maximum atomic E-state index is 2.26. The van der Waals surface area contributed by atoms with E-state index in [4.69, 9.17) is 0 Å². The number of hydrogen-bond donors (Lipinski definition) is 0. The molecule has 0 bridgehead atoms. The van der Waals surface area contributed by atoms with Crippen LogP contribution in [0.5, 0.6) is 0 Å². The van der Waals surface area contributed by atoms with Crippen molar-refractivity contribution in [1.82, 2.24) is 0 Å². The van der Waals surface area contributed by atoms with Crippen LogP contribution in [0.4, 0.5) is 0 Å². The Kier molecular flexibility index (Phi) is 10.4. The van der Waals surface area contributed by atoms with Crippen molar-refractivity contribution in [3.63, 3.8) is 0 Å². The van der Waals surface area contributed by atoms with Crippen molar-refractivity contribution >= 4 is 31.1 Å². The first-order valence-electron chi connectivity index (χ1n) is 12.1. The van der Waals surface area contributed by atoms with Crippen molar-refractivity contribution in [2.75, 3.05) is 0 Å². The maximum Gasteiger partial charge on any atom is 0.0307 e. The smallest absolute Gasteiger partial charge is 0.0307 e. The van der Waals surface area contributed by atoms with E-state index in [1.807, 2.05) is 0 Å². The molecular formula is C34H32SiZr-2. The second-order valence-electron chi connectivity index (χ2n) is 8.91. The molecule has 0 saturated carbocycles. The second-order valence-corrected chi connectivity index (χ2v) is 9.91. The zero-order valence-electron chi connectivity index (χ0n) is 21.5. The molecule has 0 atom stereocenters. The number of hydrogen-bond acceptors (Lipinski definition) is 0. The van der Waals surface area contributed by atoms with Crippen LogP contribution in [-0.4, -0.2) is 9.52 Å². The molecule has 0 fully saturated rings. The van der Waals surface area contributed by atoms with Crippen molar-refractivity contribution < 1.29 is 26.2 Å². The molecule has 0 amide bonds. The molecule has 178 valence electrons. The van der Waals surface area contributed by atoms with Crippen molar-refractivity contribution in [2.45, 2.75) is 26.9 Å². The van der Waals surface area contributed by atoms with Crippen molar-refractivity contribution in [3.05, 3.63) is 132 Å². The van der Waals surface area contributed by atoms with Gasteiger partial charge in [-0.3, -0.25) is 0 Å². The first kappa shape index (κ1) is 27.8. The van der Waals surface area contributed by atoms with Crippen LogP contribution in [0.3, 0.4) is 0 Å². The average Bonchev–Trinajstić information content (AvgIpc) is 3.46. The molecule has 6 rings (SSSR count). The van der Waals surface area contributed by atoms with Gasteiger partial charge in [0, 0.05) is 35.7 Å². The molecule has 0 aliphatic carbocycles. The zero-order valence-corrected chi connectivity index (χ0v) is 25.0. The Hall–Kier alpha value is -2.80. The maximum absolute atomic E-state index is 2.26. The predicted molar refractivity (Wildman–Crippen MR) is 157 cm³/mol.